The normalized spacial score (nSPS) is 25.7. The van der Waals surface area contributed by atoms with E-state index in [-0.39, 0.29) is 5.78 Å². The van der Waals surface area contributed by atoms with Crippen LogP contribution in [0.2, 0.25) is 0 Å². The van der Waals surface area contributed by atoms with Crippen LogP contribution in [0.4, 0.5) is 0 Å². The van der Waals surface area contributed by atoms with E-state index in [0.29, 0.717) is 6.04 Å². The Morgan fingerprint density at radius 1 is 1.55 bits per heavy atom. The molecule has 1 atom stereocenters. The molecule has 1 aliphatic heterocycles. The largest absolute Gasteiger partial charge is 0.311 e. The van der Waals surface area contributed by atoms with E-state index in [1.807, 2.05) is 6.08 Å². The van der Waals surface area contributed by atoms with Crippen LogP contribution in [0.3, 0.4) is 0 Å². The molecule has 62 valence electrons. The van der Waals surface area contributed by atoms with Gasteiger partial charge in [0.15, 0.2) is 5.78 Å². The Labute approximate surface area is 67.7 Å². The summed E-state index contributed by atoms with van der Waals surface area (Å²) in [6, 6.07) is 0.438. The highest BCUT2D eigenvalue weighted by Crippen LogP contribution is 2.07. The van der Waals surface area contributed by atoms with Crippen molar-refractivity contribution in [3.05, 3.63) is 12.2 Å². The molecule has 0 amide bonds. The zero-order valence-corrected chi connectivity index (χ0v) is 6.97. The van der Waals surface area contributed by atoms with Crippen LogP contribution in [-0.2, 0) is 4.79 Å². The number of rotatable bonds is 2. The fraction of sp³-hybridized carbons (Fsp3) is 0.667. The van der Waals surface area contributed by atoms with E-state index in [1.54, 1.807) is 13.0 Å². The quantitative estimate of drug-likeness (QED) is 0.605. The number of nitrogens with one attached hydrogen (secondary N) is 1. The highest BCUT2D eigenvalue weighted by molar-refractivity contribution is 5.87. The van der Waals surface area contributed by atoms with Crippen molar-refractivity contribution in [3.8, 4) is 0 Å². The molecule has 0 saturated carbocycles. The molecule has 1 N–H and O–H groups in total. The monoisotopic (exact) mass is 153 g/mol. The topological polar surface area (TPSA) is 29.1 Å². The van der Waals surface area contributed by atoms with Gasteiger partial charge in [0.2, 0.25) is 0 Å². The lowest BCUT2D eigenvalue weighted by molar-refractivity contribution is -0.112. The van der Waals surface area contributed by atoms with E-state index < -0.39 is 0 Å². The van der Waals surface area contributed by atoms with Gasteiger partial charge in [-0.3, -0.25) is 4.79 Å². The number of ketones is 1. The van der Waals surface area contributed by atoms with Crippen LogP contribution in [0.25, 0.3) is 0 Å². The first kappa shape index (κ1) is 8.47. The maximum absolute atomic E-state index is 10.6. The molecule has 1 rings (SSSR count). The summed E-state index contributed by atoms with van der Waals surface area (Å²) < 4.78 is 0. The lowest BCUT2D eigenvalue weighted by Gasteiger charge is -2.19. The van der Waals surface area contributed by atoms with E-state index in [0.717, 1.165) is 6.54 Å². The van der Waals surface area contributed by atoms with Crippen molar-refractivity contribution in [2.24, 2.45) is 0 Å². The van der Waals surface area contributed by atoms with E-state index >= 15 is 0 Å². The average Bonchev–Trinajstić information content (AvgIpc) is 2.03. The molecule has 2 heteroatoms. The minimum absolute atomic E-state index is 0.136. The molecule has 11 heavy (non-hydrogen) atoms. The summed E-state index contributed by atoms with van der Waals surface area (Å²) in [4.78, 5) is 10.6. The van der Waals surface area contributed by atoms with Gasteiger partial charge >= 0.3 is 0 Å². The molecule has 0 bridgehead atoms. The van der Waals surface area contributed by atoms with E-state index in [1.165, 1.54) is 19.3 Å². The Hall–Kier alpha value is -0.630. The Bertz CT molecular complexity index is 157. The number of allylic oxidation sites excluding steroid dienone is 1. The van der Waals surface area contributed by atoms with Crippen molar-refractivity contribution in [2.75, 3.05) is 6.54 Å². The SMILES string of the molecule is CC(=O)/C=C/C1CCCCN1. The highest BCUT2D eigenvalue weighted by Gasteiger charge is 2.07. The Balaban J connectivity index is 2.29. The van der Waals surface area contributed by atoms with Crippen LogP contribution >= 0.6 is 0 Å². The van der Waals surface area contributed by atoms with Crippen molar-refractivity contribution in [1.29, 1.82) is 0 Å². The van der Waals surface area contributed by atoms with Crippen LogP contribution in [0.1, 0.15) is 26.2 Å². The van der Waals surface area contributed by atoms with Crippen LogP contribution < -0.4 is 5.32 Å². The highest BCUT2D eigenvalue weighted by atomic mass is 16.1. The molecule has 1 fully saturated rings. The second kappa shape index (κ2) is 4.29. The molecule has 0 aromatic heterocycles. The Morgan fingerprint density at radius 3 is 2.91 bits per heavy atom. The zero-order chi connectivity index (χ0) is 8.10. The van der Waals surface area contributed by atoms with E-state index in [4.69, 9.17) is 0 Å². The van der Waals surface area contributed by atoms with Gasteiger partial charge in [-0.15, -0.1) is 0 Å². The first-order valence-corrected chi connectivity index (χ1v) is 4.21. The standard InChI is InChI=1S/C9H15NO/c1-8(11)5-6-9-4-2-3-7-10-9/h5-6,9-10H,2-4,7H2,1H3/b6-5+. The van der Waals surface area contributed by atoms with Crippen LogP contribution in [-0.4, -0.2) is 18.4 Å². The zero-order valence-electron chi connectivity index (χ0n) is 6.97. The second-order valence-electron chi connectivity index (χ2n) is 3.03. The molecule has 1 aliphatic rings. The number of carbonyl (C=O) groups is 1. The second-order valence-corrected chi connectivity index (χ2v) is 3.03. The molecule has 1 heterocycles. The van der Waals surface area contributed by atoms with Crippen LogP contribution in [0.15, 0.2) is 12.2 Å². The van der Waals surface area contributed by atoms with Crippen LogP contribution in [0.5, 0.6) is 0 Å². The van der Waals surface area contributed by atoms with E-state index in [9.17, 15) is 4.79 Å². The van der Waals surface area contributed by atoms with Gasteiger partial charge in [0.25, 0.3) is 0 Å². The lowest BCUT2D eigenvalue weighted by atomic mass is 10.0. The molecule has 2 nitrogen and oxygen atoms in total. The number of hydrogen-bond acceptors (Lipinski definition) is 2. The Morgan fingerprint density at radius 2 is 2.36 bits per heavy atom. The predicted octanol–water partition coefficient (Wildman–Crippen LogP) is 1.27. The first-order valence-electron chi connectivity index (χ1n) is 4.21. The minimum Gasteiger partial charge on any atom is -0.311 e. The smallest absolute Gasteiger partial charge is 0.152 e. The van der Waals surface area contributed by atoms with Gasteiger partial charge in [-0.2, -0.15) is 0 Å². The summed E-state index contributed by atoms with van der Waals surface area (Å²) in [6.07, 6.45) is 7.35. The van der Waals surface area contributed by atoms with Crippen molar-refractivity contribution in [3.63, 3.8) is 0 Å². The molecule has 0 spiro atoms. The summed E-state index contributed by atoms with van der Waals surface area (Å²) >= 11 is 0. The summed E-state index contributed by atoms with van der Waals surface area (Å²) in [5, 5.41) is 3.34. The van der Waals surface area contributed by atoms with Gasteiger partial charge in [0, 0.05) is 6.04 Å². The van der Waals surface area contributed by atoms with Crippen molar-refractivity contribution < 1.29 is 4.79 Å². The lowest BCUT2D eigenvalue weighted by Crippen LogP contribution is -2.32. The van der Waals surface area contributed by atoms with Gasteiger partial charge in [0.05, 0.1) is 0 Å². The third-order valence-corrected chi connectivity index (χ3v) is 1.91. The van der Waals surface area contributed by atoms with Gasteiger partial charge < -0.3 is 5.32 Å². The van der Waals surface area contributed by atoms with Gasteiger partial charge in [0.1, 0.15) is 0 Å². The number of piperidine rings is 1. The molecule has 0 aromatic carbocycles. The minimum atomic E-state index is 0.136. The summed E-state index contributed by atoms with van der Waals surface area (Å²) in [5.74, 6) is 0.136. The maximum atomic E-state index is 10.6. The van der Waals surface area contributed by atoms with Crippen molar-refractivity contribution in [1.82, 2.24) is 5.32 Å². The molecular weight excluding hydrogens is 138 g/mol. The number of hydrogen-bond donors (Lipinski definition) is 1. The summed E-state index contributed by atoms with van der Waals surface area (Å²) in [7, 11) is 0. The molecule has 0 aromatic rings. The molecular formula is C9H15NO. The van der Waals surface area contributed by atoms with Gasteiger partial charge in [-0.05, 0) is 32.4 Å². The van der Waals surface area contributed by atoms with Gasteiger partial charge in [-0.1, -0.05) is 12.5 Å². The number of carbonyl (C=O) groups excluding carboxylic acids is 1. The maximum Gasteiger partial charge on any atom is 0.152 e. The molecule has 0 aliphatic carbocycles. The van der Waals surface area contributed by atoms with E-state index in [2.05, 4.69) is 5.32 Å². The third kappa shape index (κ3) is 3.33. The average molecular weight is 153 g/mol. The molecule has 1 unspecified atom stereocenters. The fourth-order valence-electron chi connectivity index (χ4n) is 1.29. The summed E-state index contributed by atoms with van der Waals surface area (Å²) in [5.41, 5.74) is 0. The molecule has 0 radical (unpaired) electrons. The predicted molar refractivity (Wildman–Crippen MR) is 45.5 cm³/mol. The molecule has 1 saturated heterocycles. The summed E-state index contributed by atoms with van der Waals surface area (Å²) in [6.45, 7) is 2.67. The van der Waals surface area contributed by atoms with Crippen molar-refractivity contribution in [2.45, 2.75) is 32.2 Å². The van der Waals surface area contributed by atoms with Gasteiger partial charge in [-0.25, -0.2) is 0 Å². The Kier molecular flexibility index (Phi) is 3.30. The fourth-order valence-corrected chi connectivity index (χ4v) is 1.29. The third-order valence-electron chi connectivity index (χ3n) is 1.91. The van der Waals surface area contributed by atoms with Crippen molar-refractivity contribution >= 4 is 5.78 Å². The van der Waals surface area contributed by atoms with Crippen LogP contribution in [0, 0.1) is 0 Å². The first-order chi connectivity index (χ1) is 5.29.